The number of fused-ring (bicyclic) bond motifs is 3. The summed E-state index contributed by atoms with van der Waals surface area (Å²) in [6.45, 7) is 0. The zero-order chi connectivity index (χ0) is 11.3. The smallest absolute Gasteiger partial charge is 0.194 e. The van der Waals surface area contributed by atoms with Gasteiger partial charge in [-0.25, -0.2) is 0 Å². The van der Waals surface area contributed by atoms with Crippen LogP contribution in [0.1, 0.15) is 15.9 Å². The third-order valence-electron chi connectivity index (χ3n) is 2.74. The van der Waals surface area contributed by atoms with Crippen LogP contribution in [0, 0.1) is 0 Å². The molecule has 0 saturated heterocycles. The summed E-state index contributed by atoms with van der Waals surface area (Å²) in [6.07, 6.45) is 0. The molecule has 78 valence electrons. The van der Waals surface area contributed by atoms with Crippen LogP contribution in [0.2, 0.25) is 10.0 Å². The highest BCUT2D eigenvalue weighted by Gasteiger charge is 2.26. The molecule has 0 N–H and O–H groups in total. The van der Waals surface area contributed by atoms with E-state index >= 15 is 0 Å². The summed E-state index contributed by atoms with van der Waals surface area (Å²) < 4.78 is 0. The van der Waals surface area contributed by atoms with E-state index in [1.807, 2.05) is 12.1 Å². The number of benzene rings is 2. The molecule has 0 fully saturated rings. The Balaban J connectivity index is 2.36. The molecule has 1 aliphatic carbocycles. The van der Waals surface area contributed by atoms with Gasteiger partial charge in [-0.05, 0) is 41.5 Å². The standard InChI is InChI=1S/C13H6Cl2O/c14-7-2-4-10-11(5-7)9-3-1-8(15)6-12(9)13(10)16/h1-6H. The van der Waals surface area contributed by atoms with Gasteiger partial charge in [-0.1, -0.05) is 29.3 Å². The predicted molar refractivity (Wildman–Crippen MR) is 65.3 cm³/mol. The minimum absolute atomic E-state index is 0.0177. The molecule has 0 bridgehead atoms. The van der Waals surface area contributed by atoms with Gasteiger partial charge in [0, 0.05) is 21.2 Å². The van der Waals surface area contributed by atoms with Crippen LogP contribution in [0.15, 0.2) is 36.4 Å². The molecule has 2 aromatic carbocycles. The quantitative estimate of drug-likeness (QED) is 0.583. The van der Waals surface area contributed by atoms with Crippen molar-refractivity contribution < 1.29 is 4.79 Å². The number of hydrogen-bond donors (Lipinski definition) is 0. The number of hydrogen-bond acceptors (Lipinski definition) is 1. The van der Waals surface area contributed by atoms with E-state index in [2.05, 4.69) is 0 Å². The van der Waals surface area contributed by atoms with Crippen molar-refractivity contribution in [3.05, 3.63) is 57.6 Å². The first-order valence-corrected chi connectivity index (χ1v) is 5.56. The van der Waals surface area contributed by atoms with Crippen molar-refractivity contribution in [3.63, 3.8) is 0 Å². The maximum atomic E-state index is 12.0. The van der Waals surface area contributed by atoms with Crippen molar-refractivity contribution in [3.8, 4) is 11.1 Å². The highest BCUT2D eigenvalue weighted by atomic mass is 35.5. The molecule has 0 radical (unpaired) electrons. The zero-order valence-corrected chi connectivity index (χ0v) is 9.64. The Labute approximate surface area is 103 Å². The lowest BCUT2D eigenvalue weighted by molar-refractivity contribution is 0.104. The number of carbonyl (C=O) groups excluding carboxylic acids is 1. The van der Waals surface area contributed by atoms with Gasteiger partial charge in [0.15, 0.2) is 5.78 Å². The molecule has 3 rings (SSSR count). The van der Waals surface area contributed by atoms with Gasteiger partial charge in [0.05, 0.1) is 0 Å². The first-order chi connectivity index (χ1) is 7.66. The zero-order valence-electron chi connectivity index (χ0n) is 8.13. The molecule has 2 aromatic rings. The van der Waals surface area contributed by atoms with Gasteiger partial charge in [-0.3, -0.25) is 4.79 Å². The second-order valence-electron chi connectivity index (χ2n) is 3.71. The van der Waals surface area contributed by atoms with Crippen molar-refractivity contribution >= 4 is 29.0 Å². The fourth-order valence-corrected chi connectivity index (χ4v) is 2.37. The molecular formula is C13H6Cl2O. The van der Waals surface area contributed by atoms with Crippen LogP contribution in [-0.4, -0.2) is 5.78 Å². The minimum atomic E-state index is 0.0177. The number of ketones is 1. The molecular weight excluding hydrogens is 243 g/mol. The average molecular weight is 249 g/mol. The summed E-state index contributed by atoms with van der Waals surface area (Å²) in [5.41, 5.74) is 3.16. The normalized spacial score (nSPS) is 12.5. The van der Waals surface area contributed by atoms with Crippen molar-refractivity contribution in [2.45, 2.75) is 0 Å². The van der Waals surface area contributed by atoms with Gasteiger partial charge >= 0.3 is 0 Å². The van der Waals surface area contributed by atoms with Crippen LogP contribution >= 0.6 is 23.2 Å². The third kappa shape index (κ3) is 1.29. The average Bonchev–Trinajstić information content (AvgIpc) is 2.52. The molecule has 0 aromatic heterocycles. The Bertz CT molecular complexity index is 617. The fourth-order valence-electron chi connectivity index (χ4n) is 2.02. The van der Waals surface area contributed by atoms with Crippen molar-refractivity contribution in [1.29, 1.82) is 0 Å². The van der Waals surface area contributed by atoms with Crippen LogP contribution in [0.4, 0.5) is 0 Å². The van der Waals surface area contributed by atoms with Crippen LogP contribution in [-0.2, 0) is 0 Å². The van der Waals surface area contributed by atoms with Gasteiger partial charge in [-0.15, -0.1) is 0 Å². The first kappa shape index (κ1) is 9.88. The van der Waals surface area contributed by atoms with E-state index in [4.69, 9.17) is 23.2 Å². The number of carbonyl (C=O) groups is 1. The topological polar surface area (TPSA) is 17.1 Å². The Kier molecular flexibility index (Phi) is 2.06. The molecule has 3 heteroatoms. The molecule has 1 nitrogen and oxygen atoms in total. The van der Waals surface area contributed by atoms with Crippen molar-refractivity contribution in [2.24, 2.45) is 0 Å². The van der Waals surface area contributed by atoms with Gasteiger partial charge in [-0.2, -0.15) is 0 Å². The largest absolute Gasteiger partial charge is 0.289 e. The Morgan fingerprint density at radius 1 is 0.688 bits per heavy atom. The van der Waals surface area contributed by atoms with Gasteiger partial charge in [0.2, 0.25) is 0 Å². The molecule has 16 heavy (non-hydrogen) atoms. The Morgan fingerprint density at radius 2 is 1.25 bits per heavy atom. The van der Waals surface area contributed by atoms with E-state index in [0.29, 0.717) is 21.2 Å². The van der Waals surface area contributed by atoms with Crippen LogP contribution in [0.25, 0.3) is 11.1 Å². The maximum absolute atomic E-state index is 12.0. The van der Waals surface area contributed by atoms with Crippen molar-refractivity contribution in [2.75, 3.05) is 0 Å². The predicted octanol–water partition coefficient (Wildman–Crippen LogP) is 4.20. The highest BCUT2D eigenvalue weighted by molar-refractivity contribution is 6.33. The Morgan fingerprint density at radius 3 is 1.94 bits per heavy atom. The van der Waals surface area contributed by atoms with E-state index in [1.54, 1.807) is 24.3 Å². The summed E-state index contributed by atoms with van der Waals surface area (Å²) in [5.74, 6) is 0.0177. The van der Waals surface area contributed by atoms with E-state index < -0.39 is 0 Å². The molecule has 0 unspecified atom stereocenters. The second kappa shape index (κ2) is 3.34. The summed E-state index contributed by atoms with van der Waals surface area (Å²) in [6, 6.07) is 10.6. The summed E-state index contributed by atoms with van der Waals surface area (Å²) >= 11 is 11.8. The molecule has 0 amide bonds. The maximum Gasteiger partial charge on any atom is 0.194 e. The van der Waals surface area contributed by atoms with E-state index in [-0.39, 0.29) is 5.78 Å². The Hall–Kier alpha value is -1.31. The summed E-state index contributed by atoms with van der Waals surface area (Å²) in [4.78, 5) is 12.0. The lowest BCUT2D eigenvalue weighted by Gasteiger charge is -1.99. The lowest BCUT2D eigenvalue weighted by Crippen LogP contribution is -1.94. The second-order valence-corrected chi connectivity index (χ2v) is 4.58. The third-order valence-corrected chi connectivity index (χ3v) is 3.21. The summed E-state index contributed by atoms with van der Waals surface area (Å²) in [7, 11) is 0. The monoisotopic (exact) mass is 248 g/mol. The minimum Gasteiger partial charge on any atom is -0.289 e. The van der Waals surface area contributed by atoms with Crippen LogP contribution in [0.5, 0.6) is 0 Å². The summed E-state index contributed by atoms with van der Waals surface area (Å²) in [5, 5.41) is 1.21. The highest BCUT2D eigenvalue weighted by Crippen LogP contribution is 2.38. The number of halogens is 2. The SMILES string of the molecule is O=C1c2cc(Cl)ccc2-c2cc(Cl)ccc21. The molecule has 0 spiro atoms. The van der Waals surface area contributed by atoms with Gasteiger partial charge in [0.1, 0.15) is 0 Å². The molecule has 0 atom stereocenters. The molecule has 0 aliphatic heterocycles. The molecule has 0 heterocycles. The van der Waals surface area contributed by atoms with Gasteiger partial charge in [0.25, 0.3) is 0 Å². The van der Waals surface area contributed by atoms with E-state index in [1.165, 1.54) is 0 Å². The molecule has 0 saturated carbocycles. The molecule has 1 aliphatic rings. The van der Waals surface area contributed by atoms with Crippen LogP contribution in [0.3, 0.4) is 0 Å². The number of rotatable bonds is 0. The van der Waals surface area contributed by atoms with Crippen molar-refractivity contribution in [1.82, 2.24) is 0 Å². The lowest BCUT2D eigenvalue weighted by atomic mass is 10.1. The first-order valence-electron chi connectivity index (χ1n) is 4.81. The van der Waals surface area contributed by atoms with Gasteiger partial charge < -0.3 is 0 Å². The van der Waals surface area contributed by atoms with E-state index in [0.717, 1.165) is 11.1 Å². The van der Waals surface area contributed by atoms with E-state index in [9.17, 15) is 4.79 Å². The fraction of sp³-hybridized carbons (Fsp3) is 0. The van der Waals surface area contributed by atoms with Crippen LogP contribution < -0.4 is 0 Å².